The Labute approximate surface area is 175 Å². The van der Waals surface area contributed by atoms with Gasteiger partial charge in [-0.2, -0.15) is 4.39 Å². The average Bonchev–Trinajstić information content (AvgIpc) is 2.66. The van der Waals surface area contributed by atoms with Crippen LogP contribution in [0.15, 0.2) is 0 Å². The van der Waals surface area contributed by atoms with E-state index < -0.39 is 60.8 Å². The molecule has 11 heteroatoms. The van der Waals surface area contributed by atoms with E-state index in [0.29, 0.717) is 6.42 Å². The summed E-state index contributed by atoms with van der Waals surface area (Å²) in [5.74, 6) is -7.53. The highest BCUT2D eigenvalue weighted by molar-refractivity contribution is 5.85. The summed E-state index contributed by atoms with van der Waals surface area (Å²) in [6, 6.07) is -1.58. The minimum absolute atomic E-state index is 0. The van der Waals surface area contributed by atoms with Crippen molar-refractivity contribution in [3.8, 4) is 0 Å². The Morgan fingerprint density at radius 1 is 1.24 bits per heavy atom. The van der Waals surface area contributed by atoms with Gasteiger partial charge in [-0.1, -0.05) is 39.5 Å². The number of carboxylic acid groups (broad SMARTS) is 1. The van der Waals surface area contributed by atoms with Crippen molar-refractivity contribution in [2.45, 2.75) is 88.8 Å². The first-order valence-corrected chi connectivity index (χ1v) is 9.57. The fourth-order valence-electron chi connectivity index (χ4n) is 3.09. The zero-order valence-electron chi connectivity index (χ0n) is 16.6. The van der Waals surface area contributed by atoms with Gasteiger partial charge in [-0.15, -0.1) is 12.4 Å². The van der Waals surface area contributed by atoms with Crippen LogP contribution >= 0.6 is 12.4 Å². The van der Waals surface area contributed by atoms with E-state index in [4.69, 9.17) is 15.6 Å². The minimum atomic E-state index is -3.74. The molecule has 0 aromatic heterocycles. The van der Waals surface area contributed by atoms with E-state index in [2.05, 4.69) is 11.7 Å². The molecule has 1 rings (SSSR count). The van der Waals surface area contributed by atoms with Crippen LogP contribution in [0.25, 0.3) is 0 Å². The maximum atomic E-state index is 14.4. The number of carbonyl (C=O) groups excluding carboxylic acids is 1. The summed E-state index contributed by atoms with van der Waals surface area (Å²) in [7, 11) is 0. The molecule has 1 fully saturated rings. The second-order valence-electron chi connectivity index (χ2n) is 7.28. The van der Waals surface area contributed by atoms with E-state index >= 15 is 0 Å². The van der Waals surface area contributed by atoms with Crippen molar-refractivity contribution in [2.24, 2.45) is 11.7 Å². The van der Waals surface area contributed by atoms with Crippen molar-refractivity contribution in [2.75, 3.05) is 6.61 Å². The predicted octanol–water partition coefficient (Wildman–Crippen LogP) is 1.48. The third kappa shape index (κ3) is 7.29. The summed E-state index contributed by atoms with van der Waals surface area (Å²) in [5, 5.41) is 29.2. The molecule has 29 heavy (non-hydrogen) atoms. The van der Waals surface area contributed by atoms with Gasteiger partial charge in [0.2, 0.25) is 0 Å². The molecule has 0 amide bonds. The van der Waals surface area contributed by atoms with Crippen molar-refractivity contribution in [3.05, 3.63) is 0 Å². The molecule has 5 unspecified atom stereocenters. The number of rotatable bonds is 11. The lowest BCUT2D eigenvalue weighted by Crippen LogP contribution is -2.67. The Hall–Kier alpha value is -1.07. The summed E-state index contributed by atoms with van der Waals surface area (Å²) in [4.78, 5) is 22.7. The van der Waals surface area contributed by atoms with Crippen LogP contribution in [0, 0.1) is 5.92 Å². The zero-order chi connectivity index (χ0) is 21.5. The molecule has 7 atom stereocenters. The summed E-state index contributed by atoms with van der Waals surface area (Å²) < 4.78 is 37.9. The molecule has 0 saturated carbocycles. The molecule has 0 radical (unpaired) electrons. The third-order valence-electron chi connectivity index (χ3n) is 5.05. The lowest BCUT2D eigenvalue weighted by atomic mass is 9.83. The van der Waals surface area contributed by atoms with Crippen LogP contribution in [-0.2, 0) is 19.1 Å². The molecule has 172 valence electrons. The van der Waals surface area contributed by atoms with Gasteiger partial charge in [0.1, 0.15) is 18.8 Å². The Balaban J connectivity index is 0.00000784. The number of hydrogen-bond acceptors (Lipinski definition) is 7. The fraction of sp³-hybridized carbons (Fsp3) is 0.889. The van der Waals surface area contributed by atoms with Gasteiger partial charge in [-0.25, -0.2) is 9.18 Å². The van der Waals surface area contributed by atoms with Gasteiger partial charge < -0.3 is 30.5 Å². The SMILES string of the molecule is CCCCCCCC(=O)OC[C@@H](O)[C@@H](O)C1OC(F)(C(=O)O)C(F)C(N)C1C.Cl. The highest BCUT2D eigenvalue weighted by Gasteiger charge is 2.60. The first kappa shape index (κ1) is 27.9. The molecule has 1 heterocycles. The van der Waals surface area contributed by atoms with Crippen LogP contribution < -0.4 is 5.73 Å². The number of carbonyl (C=O) groups is 2. The van der Waals surface area contributed by atoms with E-state index in [1.54, 1.807) is 0 Å². The smallest absolute Gasteiger partial charge is 0.372 e. The van der Waals surface area contributed by atoms with Gasteiger partial charge >= 0.3 is 17.8 Å². The Bertz CT molecular complexity index is 530. The first-order chi connectivity index (χ1) is 13.1. The minimum Gasteiger partial charge on any atom is -0.477 e. The quantitative estimate of drug-likeness (QED) is 0.276. The van der Waals surface area contributed by atoms with E-state index in [0.717, 1.165) is 25.7 Å². The molecule has 0 bridgehead atoms. The summed E-state index contributed by atoms with van der Waals surface area (Å²) in [6.45, 7) is 2.81. The predicted molar refractivity (Wildman–Crippen MR) is 102 cm³/mol. The van der Waals surface area contributed by atoms with E-state index in [-0.39, 0.29) is 18.8 Å². The molecule has 8 nitrogen and oxygen atoms in total. The highest BCUT2D eigenvalue weighted by atomic mass is 35.5. The maximum Gasteiger partial charge on any atom is 0.372 e. The molecule has 5 N–H and O–H groups in total. The molecular weight excluding hydrogens is 416 g/mol. The summed E-state index contributed by atoms with van der Waals surface area (Å²) in [6.07, 6.45) is -2.95. The number of esters is 1. The number of nitrogens with two attached hydrogens (primary N) is 1. The summed E-state index contributed by atoms with van der Waals surface area (Å²) >= 11 is 0. The van der Waals surface area contributed by atoms with E-state index in [1.807, 2.05) is 0 Å². The van der Waals surface area contributed by atoms with Gasteiger partial charge in [0.25, 0.3) is 0 Å². The Kier molecular flexibility index (Phi) is 12.1. The molecule has 0 aromatic rings. The monoisotopic (exact) mass is 447 g/mol. The second-order valence-corrected chi connectivity index (χ2v) is 7.28. The largest absolute Gasteiger partial charge is 0.477 e. The Morgan fingerprint density at radius 3 is 2.38 bits per heavy atom. The van der Waals surface area contributed by atoms with Gasteiger partial charge in [0, 0.05) is 18.4 Å². The van der Waals surface area contributed by atoms with E-state index in [9.17, 15) is 28.6 Å². The van der Waals surface area contributed by atoms with Crippen molar-refractivity contribution >= 4 is 24.3 Å². The van der Waals surface area contributed by atoms with Crippen LogP contribution in [0.1, 0.15) is 52.4 Å². The van der Waals surface area contributed by atoms with Gasteiger partial charge in [0.15, 0.2) is 6.17 Å². The van der Waals surface area contributed by atoms with Crippen LogP contribution in [0.2, 0.25) is 0 Å². The average molecular weight is 448 g/mol. The first-order valence-electron chi connectivity index (χ1n) is 9.57. The highest BCUT2D eigenvalue weighted by Crippen LogP contribution is 2.37. The number of alkyl halides is 2. The fourth-order valence-corrected chi connectivity index (χ4v) is 3.09. The molecule has 0 aliphatic carbocycles. The van der Waals surface area contributed by atoms with Crippen LogP contribution in [0.5, 0.6) is 0 Å². The van der Waals surface area contributed by atoms with Crippen molar-refractivity contribution < 1.29 is 43.2 Å². The van der Waals surface area contributed by atoms with Crippen molar-refractivity contribution in [3.63, 3.8) is 0 Å². The second kappa shape index (κ2) is 12.6. The normalized spacial score (nSPS) is 31.4. The number of aliphatic carboxylic acids is 1. The Morgan fingerprint density at radius 2 is 1.83 bits per heavy atom. The number of unbranched alkanes of at least 4 members (excludes halogenated alkanes) is 4. The standard InChI is InChI=1S/C18H31F2NO7.ClH/c1-3-4-5-6-7-8-12(23)27-9-11(22)14(24)15-10(2)13(21)16(19)18(20,28-15)17(25)26;/h10-11,13-16,22,24H,3-9,21H2,1-2H3,(H,25,26);1H/t10?,11-,13?,14-,15?,16?,18?;/m1./s1. The lowest BCUT2D eigenvalue weighted by molar-refractivity contribution is -0.282. The number of aliphatic hydroxyl groups excluding tert-OH is 2. The number of hydrogen-bond donors (Lipinski definition) is 4. The molecule has 0 aromatic carbocycles. The van der Waals surface area contributed by atoms with Crippen LogP contribution in [-0.4, -0.2) is 70.2 Å². The van der Waals surface area contributed by atoms with Crippen molar-refractivity contribution in [1.82, 2.24) is 0 Å². The molecule has 0 spiro atoms. The lowest BCUT2D eigenvalue weighted by Gasteiger charge is -2.44. The van der Waals surface area contributed by atoms with Crippen LogP contribution in [0.3, 0.4) is 0 Å². The van der Waals surface area contributed by atoms with Gasteiger partial charge in [0.05, 0.1) is 6.10 Å². The maximum absolute atomic E-state index is 14.4. The summed E-state index contributed by atoms with van der Waals surface area (Å²) in [5.41, 5.74) is 5.54. The van der Waals surface area contributed by atoms with E-state index in [1.165, 1.54) is 6.92 Å². The molecule has 1 aliphatic heterocycles. The number of aliphatic hydroxyl groups is 2. The van der Waals surface area contributed by atoms with Crippen LogP contribution in [0.4, 0.5) is 8.78 Å². The van der Waals surface area contributed by atoms with Gasteiger partial charge in [-0.3, -0.25) is 4.79 Å². The van der Waals surface area contributed by atoms with Crippen molar-refractivity contribution in [1.29, 1.82) is 0 Å². The van der Waals surface area contributed by atoms with Gasteiger partial charge in [-0.05, 0) is 6.42 Å². The molecular formula is C18H32ClF2NO7. The number of halogens is 3. The molecule has 1 saturated heterocycles. The zero-order valence-corrected chi connectivity index (χ0v) is 17.4. The topological polar surface area (TPSA) is 139 Å². The number of ether oxygens (including phenoxy) is 2. The number of carboxylic acids is 1. The molecule has 1 aliphatic rings. The third-order valence-corrected chi connectivity index (χ3v) is 5.05.